The van der Waals surface area contributed by atoms with Crippen LogP contribution in [0.5, 0.6) is 0 Å². The summed E-state index contributed by atoms with van der Waals surface area (Å²) in [5.74, 6) is 1.74. The van der Waals surface area contributed by atoms with Crippen LogP contribution in [0.2, 0.25) is 0 Å². The number of hydrogen-bond acceptors (Lipinski definition) is 5. The molecule has 3 heterocycles. The van der Waals surface area contributed by atoms with E-state index >= 15 is 0 Å². The fourth-order valence-corrected chi connectivity index (χ4v) is 3.22. The van der Waals surface area contributed by atoms with Crippen LogP contribution in [0.4, 0.5) is 0 Å². The maximum atomic E-state index is 12.9. The smallest absolute Gasteiger partial charge is 0.276 e. The molecule has 23 heavy (non-hydrogen) atoms. The third-order valence-corrected chi connectivity index (χ3v) is 4.47. The lowest BCUT2D eigenvalue weighted by molar-refractivity contribution is 0.0723. The van der Waals surface area contributed by atoms with Crippen LogP contribution in [-0.2, 0) is 6.42 Å². The standard InChI is InChI=1S/C17H23N3O3/c1-5-14-16(11(4)18-22-14)13-7-6-8-20(13)17(21)12-9-15(10(2)3)23-19-12/h9-10,13H,5-8H2,1-4H3/t13-/m0/s1. The maximum absolute atomic E-state index is 12.9. The minimum absolute atomic E-state index is 0.0166. The first-order valence-electron chi connectivity index (χ1n) is 8.25. The quantitative estimate of drug-likeness (QED) is 0.861. The Labute approximate surface area is 135 Å². The second-order valence-corrected chi connectivity index (χ2v) is 6.38. The molecule has 1 atom stereocenters. The van der Waals surface area contributed by atoms with Crippen LogP contribution < -0.4 is 0 Å². The predicted octanol–water partition coefficient (Wildman–Crippen LogP) is 3.63. The van der Waals surface area contributed by atoms with E-state index in [1.165, 1.54) is 0 Å². The average molecular weight is 317 g/mol. The van der Waals surface area contributed by atoms with Crippen molar-refractivity contribution in [2.75, 3.05) is 6.54 Å². The van der Waals surface area contributed by atoms with Gasteiger partial charge in [-0.1, -0.05) is 31.1 Å². The Kier molecular flexibility index (Phi) is 4.24. The van der Waals surface area contributed by atoms with E-state index in [9.17, 15) is 4.79 Å². The van der Waals surface area contributed by atoms with E-state index in [2.05, 4.69) is 10.3 Å². The first-order chi connectivity index (χ1) is 11.0. The van der Waals surface area contributed by atoms with Crippen LogP contribution in [-0.4, -0.2) is 27.7 Å². The SMILES string of the molecule is CCc1onc(C)c1[C@@H]1CCCN1C(=O)c1cc(C(C)C)on1. The van der Waals surface area contributed by atoms with Gasteiger partial charge in [-0.2, -0.15) is 0 Å². The van der Waals surface area contributed by atoms with Crippen molar-refractivity contribution < 1.29 is 13.8 Å². The summed E-state index contributed by atoms with van der Waals surface area (Å²) >= 11 is 0. The van der Waals surface area contributed by atoms with Crippen LogP contribution in [0.3, 0.4) is 0 Å². The molecule has 124 valence electrons. The van der Waals surface area contributed by atoms with E-state index in [0.29, 0.717) is 5.69 Å². The summed E-state index contributed by atoms with van der Waals surface area (Å²) in [6, 6.07) is 1.77. The number of carbonyl (C=O) groups excluding carboxylic acids is 1. The second kappa shape index (κ2) is 6.18. The minimum atomic E-state index is -0.0780. The molecule has 1 saturated heterocycles. The number of hydrogen-bond donors (Lipinski definition) is 0. The van der Waals surface area contributed by atoms with Gasteiger partial charge in [0.1, 0.15) is 11.5 Å². The third kappa shape index (κ3) is 2.78. The Hall–Kier alpha value is -2.11. The lowest BCUT2D eigenvalue weighted by atomic mass is 10.0. The Morgan fingerprint density at radius 3 is 2.83 bits per heavy atom. The Bertz CT molecular complexity index is 702. The summed E-state index contributed by atoms with van der Waals surface area (Å²) in [5.41, 5.74) is 2.31. The van der Waals surface area contributed by atoms with Gasteiger partial charge >= 0.3 is 0 Å². The first-order valence-corrected chi connectivity index (χ1v) is 8.25. The van der Waals surface area contributed by atoms with Crippen molar-refractivity contribution in [2.24, 2.45) is 0 Å². The number of likely N-dealkylation sites (tertiary alicyclic amines) is 1. The van der Waals surface area contributed by atoms with E-state index in [4.69, 9.17) is 9.05 Å². The van der Waals surface area contributed by atoms with Gasteiger partial charge in [0.15, 0.2) is 5.69 Å². The molecule has 0 unspecified atom stereocenters. The molecule has 0 radical (unpaired) electrons. The number of amides is 1. The van der Waals surface area contributed by atoms with E-state index in [1.54, 1.807) is 6.07 Å². The normalized spacial score (nSPS) is 18.1. The molecule has 6 heteroatoms. The zero-order valence-electron chi connectivity index (χ0n) is 14.1. The number of nitrogens with zero attached hydrogens (tertiary/aromatic N) is 3. The summed E-state index contributed by atoms with van der Waals surface area (Å²) in [4.78, 5) is 14.7. The molecule has 0 N–H and O–H groups in total. The largest absolute Gasteiger partial charge is 0.361 e. The van der Waals surface area contributed by atoms with Gasteiger partial charge in [-0.15, -0.1) is 0 Å². The Morgan fingerprint density at radius 2 is 2.17 bits per heavy atom. The molecule has 1 fully saturated rings. The fraction of sp³-hybridized carbons (Fsp3) is 0.588. The molecule has 1 aliphatic heterocycles. The van der Waals surface area contributed by atoms with Crippen LogP contribution in [0, 0.1) is 6.92 Å². The van der Waals surface area contributed by atoms with Crippen LogP contribution in [0.25, 0.3) is 0 Å². The van der Waals surface area contributed by atoms with Gasteiger partial charge in [0.25, 0.3) is 5.91 Å². The van der Waals surface area contributed by atoms with Gasteiger partial charge in [0.2, 0.25) is 0 Å². The molecule has 6 nitrogen and oxygen atoms in total. The van der Waals surface area contributed by atoms with Gasteiger partial charge in [0, 0.05) is 30.5 Å². The van der Waals surface area contributed by atoms with E-state index in [0.717, 1.165) is 48.6 Å². The van der Waals surface area contributed by atoms with Crippen molar-refractivity contribution in [3.63, 3.8) is 0 Å². The molecule has 2 aromatic heterocycles. The number of aryl methyl sites for hydroxylation is 2. The van der Waals surface area contributed by atoms with Gasteiger partial charge in [-0.05, 0) is 19.8 Å². The van der Waals surface area contributed by atoms with Crippen LogP contribution in [0.1, 0.15) is 78.8 Å². The van der Waals surface area contributed by atoms with Crippen LogP contribution >= 0.6 is 0 Å². The summed E-state index contributed by atoms with van der Waals surface area (Å²) in [7, 11) is 0. The van der Waals surface area contributed by atoms with Crippen molar-refractivity contribution in [3.8, 4) is 0 Å². The summed E-state index contributed by atoms with van der Waals surface area (Å²) in [6.07, 6.45) is 2.67. The molecule has 2 aromatic rings. The van der Waals surface area contributed by atoms with Gasteiger partial charge in [-0.3, -0.25) is 4.79 Å². The second-order valence-electron chi connectivity index (χ2n) is 6.38. The highest BCUT2D eigenvalue weighted by Crippen LogP contribution is 2.37. The fourth-order valence-electron chi connectivity index (χ4n) is 3.22. The first kappa shape index (κ1) is 15.8. The van der Waals surface area contributed by atoms with Gasteiger partial charge in [0.05, 0.1) is 11.7 Å². The third-order valence-electron chi connectivity index (χ3n) is 4.47. The topological polar surface area (TPSA) is 72.4 Å². The Morgan fingerprint density at radius 1 is 1.39 bits per heavy atom. The highest BCUT2D eigenvalue weighted by Gasteiger charge is 2.35. The molecule has 0 aliphatic carbocycles. The van der Waals surface area contributed by atoms with Crippen molar-refractivity contribution in [1.29, 1.82) is 0 Å². The molecule has 0 bridgehead atoms. The molecule has 0 saturated carbocycles. The highest BCUT2D eigenvalue weighted by molar-refractivity contribution is 5.92. The number of carbonyl (C=O) groups is 1. The molecular weight excluding hydrogens is 294 g/mol. The molecule has 1 amide bonds. The lowest BCUT2D eigenvalue weighted by Gasteiger charge is -2.24. The molecule has 0 spiro atoms. The van der Waals surface area contributed by atoms with E-state index in [-0.39, 0.29) is 17.9 Å². The number of rotatable bonds is 4. The highest BCUT2D eigenvalue weighted by atomic mass is 16.5. The van der Waals surface area contributed by atoms with Crippen LogP contribution in [0.15, 0.2) is 15.1 Å². The van der Waals surface area contributed by atoms with Crippen molar-refractivity contribution in [1.82, 2.24) is 15.2 Å². The van der Waals surface area contributed by atoms with Crippen molar-refractivity contribution in [2.45, 2.75) is 58.9 Å². The molecule has 3 rings (SSSR count). The monoisotopic (exact) mass is 317 g/mol. The van der Waals surface area contributed by atoms with Gasteiger partial charge in [-0.25, -0.2) is 0 Å². The van der Waals surface area contributed by atoms with E-state index < -0.39 is 0 Å². The summed E-state index contributed by atoms with van der Waals surface area (Å²) in [5, 5.41) is 8.04. The average Bonchev–Trinajstić information content (AvgIpc) is 3.25. The minimum Gasteiger partial charge on any atom is -0.361 e. The summed E-state index contributed by atoms with van der Waals surface area (Å²) < 4.78 is 10.7. The van der Waals surface area contributed by atoms with Crippen molar-refractivity contribution in [3.05, 3.63) is 34.5 Å². The Balaban J connectivity index is 1.88. The molecule has 0 aromatic carbocycles. The van der Waals surface area contributed by atoms with Crippen molar-refractivity contribution >= 4 is 5.91 Å². The molecule has 1 aliphatic rings. The zero-order chi connectivity index (χ0) is 16.6. The van der Waals surface area contributed by atoms with E-state index in [1.807, 2.05) is 32.6 Å². The van der Waals surface area contributed by atoms with Gasteiger partial charge < -0.3 is 13.9 Å². The maximum Gasteiger partial charge on any atom is 0.276 e. The molecular formula is C17H23N3O3. The zero-order valence-corrected chi connectivity index (χ0v) is 14.1. The summed E-state index contributed by atoms with van der Waals surface area (Å²) in [6.45, 7) is 8.73. The number of aromatic nitrogens is 2. The predicted molar refractivity (Wildman–Crippen MR) is 84.2 cm³/mol. The lowest BCUT2D eigenvalue weighted by Crippen LogP contribution is -2.31.